The predicted molar refractivity (Wildman–Crippen MR) is 123 cm³/mol. The van der Waals surface area contributed by atoms with Crippen LogP contribution in [0.2, 0.25) is 0 Å². The van der Waals surface area contributed by atoms with E-state index in [0.29, 0.717) is 23.2 Å². The highest BCUT2D eigenvalue weighted by molar-refractivity contribution is 7.99. The summed E-state index contributed by atoms with van der Waals surface area (Å²) in [7, 11) is 1.57. The van der Waals surface area contributed by atoms with Crippen LogP contribution in [0.25, 0.3) is 16.6 Å². The number of nitrogens with one attached hydrogen (secondary N) is 1. The fourth-order valence-electron chi connectivity index (χ4n) is 3.28. The van der Waals surface area contributed by atoms with Crippen LogP contribution in [-0.2, 0) is 11.3 Å². The molecule has 0 aliphatic rings. The van der Waals surface area contributed by atoms with Crippen molar-refractivity contribution in [1.82, 2.24) is 14.9 Å². The highest BCUT2D eigenvalue weighted by Crippen LogP contribution is 2.23. The third kappa shape index (κ3) is 4.50. The molecule has 1 heterocycles. The number of nitrogens with zero attached hydrogens (tertiary/aromatic N) is 2. The van der Waals surface area contributed by atoms with Gasteiger partial charge in [-0.2, -0.15) is 0 Å². The maximum Gasteiger partial charge on any atom is 0.266 e. The zero-order valence-electron chi connectivity index (χ0n) is 17.2. The Balaban J connectivity index is 1.60. The molecule has 6 nitrogen and oxygen atoms in total. The predicted octanol–water partition coefficient (Wildman–Crippen LogP) is 3.94. The lowest BCUT2D eigenvalue weighted by atomic mass is 10.2. The largest absolute Gasteiger partial charge is 0.496 e. The molecule has 0 saturated carbocycles. The molecule has 0 aliphatic heterocycles. The first-order valence-corrected chi connectivity index (χ1v) is 10.8. The number of thioether (sulfide) groups is 1. The summed E-state index contributed by atoms with van der Waals surface area (Å²) < 4.78 is 21.0. The van der Waals surface area contributed by atoms with Gasteiger partial charge in [-0.1, -0.05) is 54.2 Å². The Morgan fingerprint density at radius 3 is 2.59 bits per heavy atom. The van der Waals surface area contributed by atoms with Gasteiger partial charge in [-0.05, 0) is 30.3 Å². The molecule has 1 aromatic heterocycles. The van der Waals surface area contributed by atoms with Crippen LogP contribution in [0.1, 0.15) is 5.56 Å². The van der Waals surface area contributed by atoms with Gasteiger partial charge in [0.15, 0.2) is 5.16 Å². The molecule has 4 rings (SSSR count). The number of amides is 1. The molecule has 3 aromatic carbocycles. The zero-order valence-corrected chi connectivity index (χ0v) is 18.1. The topological polar surface area (TPSA) is 73.2 Å². The van der Waals surface area contributed by atoms with Crippen LogP contribution in [0.4, 0.5) is 4.39 Å². The van der Waals surface area contributed by atoms with Gasteiger partial charge in [0.25, 0.3) is 5.56 Å². The van der Waals surface area contributed by atoms with E-state index in [1.165, 1.54) is 16.7 Å². The van der Waals surface area contributed by atoms with Gasteiger partial charge in [-0.3, -0.25) is 14.2 Å². The van der Waals surface area contributed by atoms with E-state index < -0.39 is 11.4 Å². The highest BCUT2D eigenvalue weighted by Gasteiger charge is 2.17. The molecule has 0 spiro atoms. The quantitative estimate of drug-likeness (QED) is 0.342. The summed E-state index contributed by atoms with van der Waals surface area (Å²) in [6.07, 6.45) is 0. The minimum Gasteiger partial charge on any atom is -0.496 e. The maximum atomic E-state index is 14.5. The highest BCUT2D eigenvalue weighted by atomic mass is 32.2. The van der Waals surface area contributed by atoms with Crippen LogP contribution in [0.15, 0.2) is 82.7 Å². The number of methoxy groups -OCH3 is 1. The normalized spacial score (nSPS) is 10.8. The number of carbonyl (C=O) groups excluding carboxylic acids is 1. The second kappa shape index (κ2) is 9.65. The lowest BCUT2D eigenvalue weighted by Gasteiger charge is -2.14. The van der Waals surface area contributed by atoms with E-state index in [-0.39, 0.29) is 22.5 Å². The summed E-state index contributed by atoms with van der Waals surface area (Å²) in [4.78, 5) is 30.2. The number of para-hydroxylation sites is 3. The van der Waals surface area contributed by atoms with Crippen LogP contribution >= 0.6 is 11.8 Å². The molecule has 0 fully saturated rings. The SMILES string of the molecule is COc1ccccc1CNC(=O)CSc1nc2ccccc2c(=O)n1-c1ccccc1F. The molecule has 0 atom stereocenters. The summed E-state index contributed by atoms with van der Waals surface area (Å²) >= 11 is 1.07. The van der Waals surface area contributed by atoms with Gasteiger partial charge < -0.3 is 10.1 Å². The summed E-state index contributed by atoms with van der Waals surface area (Å²) in [5, 5.41) is 3.45. The van der Waals surface area contributed by atoms with Crippen molar-refractivity contribution in [3.63, 3.8) is 0 Å². The van der Waals surface area contributed by atoms with Crippen LogP contribution in [0.5, 0.6) is 5.75 Å². The summed E-state index contributed by atoms with van der Waals surface area (Å²) in [5.41, 5.74) is 1.03. The van der Waals surface area contributed by atoms with Crippen molar-refractivity contribution in [3.8, 4) is 11.4 Å². The van der Waals surface area contributed by atoms with Crippen LogP contribution in [-0.4, -0.2) is 28.3 Å². The molecule has 0 unspecified atom stereocenters. The Labute approximate surface area is 188 Å². The van der Waals surface area contributed by atoms with Crippen molar-refractivity contribution in [2.75, 3.05) is 12.9 Å². The number of benzene rings is 3. The number of rotatable bonds is 7. The summed E-state index contributed by atoms with van der Waals surface area (Å²) in [5.74, 6) is -0.100. The number of fused-ring (bicyclic) bond motifs is 1. The van der Waals surface area contributed by atoms with E-state index >= 15 is 0 Å². The van der Waals surface area contributed by atoms with E-state index in [9.17, 15) is 14.0 Å². The van der Waals surface area contributed by atoms with Gasteiger partial charge in [-0.25, -0.2) is 9.37 Å². The van der Waals surface area contributed by atoms with Crippen molar-refractivity contribution >= 4 is 28.6 Å². The van der Waals surface area contributed by atoms with Crippen molar-refractivity contribution in [3.05, 3.63) is 94.5 Å². The zero-order chi connectivity index (χ0) is 22.5. The number of ether oxygens (including phenoxy) is 1. The fourth-order valence-corrected chi connectivity index (χ4v) is 4.11. The van der Waals surface area contributed by atoms with E-state index in [2.05, 4.69) is 10.3 Å². The first-order chi connectivity index (χ1) is 15.6. The van der Waals surface area contributed by atoms with Crippen molar-refractivity contribution in [2.24, 2.45) is 0 Å². The molecule has 8 heteroatoms. The monoisotopic (exact) mass is 449 g/mol. The average Bonchev–Trinajstić information content (AvgIpc) is 2.82. The maximum absolute atomic E-state index is 14.5. The van der Waals surface area contributed by atoms with Gasteiger partial charge in [0.1, 0.15) is 11.6 Å². The average molecular weight is 450 g/mol. The Morgan fingerprint density at radius 2 is 1.78 bits per heavy atom. The van der Waals surface area contributed by atoms with E-state index in [1.54, 1.807) is 43.5 Å². The second-order valence-corrected chi connectivity index (χ2v) is 7.82. The van der Waals surface area contributed by atoms with Gasteiger partial charge in [0.05, 0.1) is 29.5 Å². The number of hydrogen-bond donors (Lipinski definition) is 1. The lowest BCUT2D eigenvalue weighted by molar-refractivity contribution is -0.118. The summed E-state index contributed by atoms with van der Waals surface area (Å²) in [6, 6.07) is 20.3. The molecule has 0 bridgehead atoms. The third-order valence-corrected chi connectivity index (χ3v) is 5.78. The Morgan fingerprint density at radius 1 is 1.06 bits per heavy atom. The van der Waals surface area contributed by atoms with Gasteiger partial charge in [0, 0.05) is 12.1 Å². The molecule has 1 N–H and O–H groups in total. The third-order valence-electron chi connectivity index (χ3n) is 4.84. The minimum absolute atomic E-state index is 0.00832. The van der Waals surface area contributed by atoms with Crippen LogP contribution in [0, 0.1) is 5.82 Å². The first kappa shape index (κ1) is 21.6. The van der Waals surface area contributed by atoms with Crippen molar-refractivity contribution < 1.29 is 13.9 Å². The standard InChI is InChI=1S/C24H20FN3O3S/c1-31-21-13-7-2-8-16(21)14-26-22(29)15-32-24-27-19-11-5-3-9-17(19)23(30)28(24)20-12-6-4-10-18(20)25/h2-13H,14-15H2,1H3,(H,26,29). The number of hydrogen-bond acceptors (Lipinski definition) is 5. The van der Waals surface area contributed by atoms with Crippen molar-refractivity contribution in [2.45, 2.75) is 11.7 Å². The second-order valence-electron chi connectivity index (χ2n) is 6.88. The number of carbonyl (C=O) groups is 1. The molecular formula is C24H20FN3O3S. The number of aromatic nitrogens is 2. The van der Waals surface area contributed by atoms with Crippen LogP contribution < -0.4 is 15.6 Å². The first-order valence-electron chi connectivity index (χ1n) is 9.86. The molecule has 4 aromatic rings. The van der Waals surface area contributed by atoms with Crippen LogP contribution in [0.3, 0.4) is 0 Å². The molecule has 32 heavy (non-hydrogen) atoms. The summed E-state index contributed by atoms with van der Waals surface area (Å²) in [6.45, 7) is 0.300. The van der Waals surface area contributed by atoms with Gasteiger partial charge in [-0.15, -0.1) is 0 Å². The Kier molecular flexibility index (Phi) is 6.51. The molecule has 0 aliphatic carbocycles. The molecular weight excluding hydrogens is 429 g/mol. The molecule has 0 saturated heterocycles. The smallest absolute Gasteiger partial charge is 0.266 e. The van der Waals surface area contributed by atoms with E-state index in [4.69, 9.17) is 4.74 Å². The van der Waals surface area contributed by atoms with E-state index in [1.807, 2.05) is 24.3 Å². The molecule has 0 radical (unpaired) electrons. The Hall–Kier alpha value is -3.65. The van der Waals surface area contributed by atoms with Crippen molar-refractivity contribution in [1.29, 1.82) is 0 Å². The van der Waals surface area contributed by atoms with Gasteiger partial charge >= 0.3 is 0 Å². The van der Waals surface area contributed by atoms with Gasteiger partial charge in [0.2, 0.25) is 5.91 Å². The lowest BCUT2D eigenvalue weighted by Crippen LogP contribution is -2.26. The molecule has 1 amide bonds. The van der Waals surface area contributed by atoms with E-state index in [0.717, 1.165) is 17.3 Å². The molecule has 162 valence electrons. The number of halogens is 1. The Bertz CT molecular complexity index is 1340. The fraction of sp³-hybridized carbons (Fsp3) is 0.125. The minimum atomic E-state index is -0.547.